The third-order valence-corrected chi connectivity index (χ3v) is 3.68. The number of halogens is 1. The molecule has 1 N–H and O–H groups in total. The number of anilines is 1. The van der Waals surface area contributed by atoms with Crippen LogP contribution in [0.15, 0.2) is 47.1 Å². The molecule has 7 heteroatoms. The molecule has 3 rings (SSSR count). The summed E-state index contributed by atoms with van der Waals surface area (Å²) in [6.45, 7) is 0. The van der Waals surface area contributed by atoms with Gasteiger partial charge in [-0.25, -0.2) is 0 Å². The van der Waals surface area contributed by atoms with Crippen molar-refractivity contribution in [2.24, 2.45) is 0 Å². The van der Waals surface area contributed by atoms with E-state index in [-0.39, 0.29) is 5.91 Å². The Morgan fingerprint density at radius 3 is 2.80 bits per heavy atom. The first kappa shape index (κ1) is 12.8. The van der Waals surface area contributed by atoms with Crippen molar-refractivity contribution < 1.29 is 9.21 Å². The minimum atomic E-state index is -0.322. The first-order chi connectivity index (χ1) is 9.74. The van der Waals surface area contributed by atoms with Crippen LogP contribution >= 0.6 is 22.9 Å². The van der Waals surface area contributed by atoms with Crippen molar-refractivity contribution >= 4 is 34.0 Å². The van der Waals surface area contributed by atoms with Crippen LogP contribution in [0.4, 0.5) is 5.13 Å². The maximum atomic E-state index is 12.1. The Morgan fingerprint density at radius 1 is 1.20 bits per heavy atom. The Labute approximate surface area is 123 Å². The third kappa shape index (κ3) is 2.56. The van der Waals surface area contributed by atoms with Crippen molar-refractivity contribution in [2.75, 3.05) is 5.32 Å². The maximum absolute atomic E-state index is 12.1. The molecular formula is C13H8ClN3O2S. The summed E-state index contributed by atoms with van der Waals surface area (Å²) in [6, 6.07) is 10.4. The molecule has 2 aromatic heterocycles. The van der Waals surface area contributed by atoms with Crippen molar-refractivity contribution in [3.8, 4) is 10.8 Å². The number of furan rings is 1. The largest absolute Gasteiger partial charge is 0.462 e. The highest BCUT2D eigenvalue weighted by molar-refractivity contribution is 7.18. The van der Waals surface area contributed by atoms with Gasteiger partial charge in [-0.3, -0.25) is 10.1 Å². The molecule has 0 spiro atoms. The number of carbonyl (C=O) groups is 1. The molecule has 0 atom stereocenters. The lowest BCUT2D eigenvalue weighted by molar-refractivity contribution is 0.102. The van der Waals surface area contributed by atoms with Gasteiger partial charge in [0.1, 0.15) is 0 Å². The van der Waals surface area contributed by atoms with Crippen LogP contribution in [0.2, 0.25) is 5.02 Å². The smallest absolute Gasteiger partial charge is 0.259 e. The van der Waals surface area contributed by atoms with Crippen molar-refractivity contribution in [1.82, 2.24) is 10.2 Å². The maximum Gasteiger partial charge on any atom is 0.259 e. The Balaban J connectivity index is 1.79. The van der Waals surface area contributed by atoms with Gasteiger partial charge >= 0.3 is 0 Å². The van der Waals surface area contributed by atoms with E-state index >= 15 is 0 Å². The number of amides is 1. The SMILES string of the molecule is O=C(Nc1nnc(-c2ccco2)s1)c1ccccc1Cl. The molecule has 2 heterocycles. The molecule has 3 aromatic rings. The molecule has 0 unspecified atom stereocenters. The summed E-state index contributed by atoms with van der Waals surface area (Å²) in [6.07, 6.45) is 1.55. The standard InChI is InChI=1S/C13H8ClN3O2S/c14-9-5-2-1-4-8(9)11(18)15-13-17-16-12(20-13)10-6-3-7-19-10/h1-7H,(H,15,17,18). The molecule has 5 nitrogen and oxygen atoms in total. The second-order valence-electron chi connectivity index (χ2n) is 3.82. The summed E-state index contributed by atoms with van der Waals surface area (Å²) in [5.74, 6) is 0.290. The molecule has 0 saturated carbocycles. The Kier molecular flexibility index (Phi) is 3.49. The Hall–Kier alpha value is -2.18. The molecule has 0 aliphatic heterocycles. The minimum Gasteiger partial charge on any atom is -0.462 e. The molecule has 0 radical (unpaired) electrons. The van der Waals surface area contributed by atoms with Gasteiger partial charge in [0.25, 0.3) is 5.91 Å². The highest BCUT2D eigenvalue weighted by Gasteiger charge is 2.14. The summed E-state index contributed by atoms with van der Waals surface area (Å²) in [7, 11) is 0. The zero-order valence-corrected chi connectivity index (χ0v) is 11.6. The van der Waals surface area contributed by atoms with E-state index in [0.29, 0.717) is 26.5 Å². The monoisotopic (exact) mass is 305 g/mol. The minimum absolute atomic E-state index is 0.322. The lowest BCUT2D eigenvalue weighted by atomic mass is 10.2. The molecule has 0 saturated heterocycles. The quantitative estimate of drug-likeness (QED) is 0.801. The van der Waals surface area contributed by atoms with Crippen LogP contribution in [0.25, 0.3) is 10.8 Å². The van der Waals surface area contributed by atoms with Crippen molar-refractivity contribution in [3.63, 3.8) is 0 Å². The summed E-state index contributed by atoms with van der Waals surface area (Å²) >= 11 is 7.19. The lowest BCUT2D eigenvalue weighted by Gasteiger charge is -2.02. The van der Waals surface area contributed by atoms with Gasteiger partial charge in [0.05, 0.1) is 16.8 Å². The summed E-state index contributed by atoms with van der Waals surface area (Å²) in [5.41, 5.74) is 0.393. The molecule has 0 bridgehead atoms. The Bertz CT molecular complexity index is 740. The van der Waals surface area contributed by atoms with E-state index < -0.39 is 0 Å². The van der Waals surface area contributed by atoms with Gasteiger partial charge in [0.2, 0.25) is 5.13 Å². The van der Waals surface area contributed by atoms with E-state index in [2.05, 4.69) is 15.5 Å². The zero-order chi connectivity index (χ0) is 13.9. The molecule has 1 amide bonds. The Morgan fingerprint density at radius 2 is 2.05 bits per heavy atom. The van der Waals surface area contributed by atoms with Crippen LogP contribution in [0, 0.1) is 0 Å². The molecule has 1 aromatic carbocycles. The molecule has 100 valence electrons. The van der Waals surface area contributed by atoms with E-state index in [1.54, 1.807) is 42.7 Å². The van der Waals surface area contributed by atoms with Gasteiger partial charge in [-0.1, -0.05) is 35.1 Å². The van der Waals surface area contributed by atoms with Crippen LogP contribution in [0.5, 0.6) is 0 Å². The highest BCUT2D eigenvalue weighted by atomic mass is 35.5. The highest BCUT2D eigenvalue weighted by Crippen LogP contribution is 2.27. The number of aromatic nitrogens is 2. The van der Waals surface area contributed by atoms with Crippen LogP contribution in [-0.2, 0) is 0 Å². The number of benzene rings is 1. The van der Waals surface area contributed by atoms with Gasteiger partial charge < -0.3 is 4.42 Å². The number of hydrogen-bond donors (Lipinski definition) is 1. The van der Waals surface area contributed by atoms with E-state index in [0.717, 1.165) is 0 Å². The summed E-state index contributed by atoms with van der Waals surface area (Å²) in [5, 5.41) is 11.9. The fourth-order valence-corrected chi connectivity index (χ4v) is 2.51. The number of rotatable bonds is 3. The zero-order valence-electron chi connectivity index (χ0n) is 10.0. The predicted octanol–water partition coefficient (Wildman–Crippen LogP) is 3.70. The first-order valence-corrected chi connectivity index (χ1v) is 6.87. The number of hydrogen-bond acceptors (Lipinski definition) is 5. The van der Waals surface area contributed by atoms with E-state index in [9.17, 15) is 4.79 Å². The van der Waals surface area contributed by atoms with Gasteiger partial charge in [0.15, 0.2) is 10.8 Å². The summed E-state index contributed by atoms with van der Waals surface area (Å²) in [4.78, 5) is 12.1. The van der Waals surface area contributed by atoms with Crippen molar-refractivity contribution in [2.45, 2.75) is 0 Å². The molecule has 0 aliphatic carbocycles. The number of nitrogens with zero attached hydrogens (tertiary/aromatic N) is 2. The van der Waals surface area contributed by atoms with Crippen LogP contribution < -0.4 is 5.32 Å². The second kappa shape index (κ2) is 5.44. The van der Waals surface area contributed by atoms with Crippen molar-refractivity contribution in [3.05, 3.63) is 53.2 Å². The topological polar surface area (TPSA) is 68.0 Å². The lowest BCUT2D eigenvalue weighted by Crippen LogP contribution is -2.12. The van der Waals surface area contributed by atoms with E-state index in [4.69, 9.17) is 16.0 Å². The average Bonchev–Trinajstić information content (AvgIpc) is 3.09. The fraction of sp³-hybridized carbons (Fsp3) is 0. The van der Waals surface area contributed by atoms with Gasteiger partial charge in [0, 0.05) is 0 Å². The summed E-state index contributed by atoms with van der Waals surface area (Å²) < 4.78 is 5.22. The predicted molar refractivity (Wildman–Crippen MR) is 77.0 cm³/mol. The molecule has 0 aliphatic rings. The molecule has 20 heavy (non-hydrogen) atoms. The number of carbonyl (C=O) groups excluding carboxylic acids is 1. The van der Waals surface area contributed by atoms with Gasteiger partial charge in [-0.15, -0.1) is 10.2 Å². The number of nitrogens with one attached hydrogen (secondary N) is 1. The first-order valence-electron chi connectivity index (χ1n) is 5.67. The van der Waals surface area contributed by atoms with E-state index in [1.807, 2.05) is 0 Å². The van der Waals surface area contributed by atoms with Crippen molar-refractivity contribution in [1.29, 1.82) is 0 Å². The normalized spacial score (nSPS) is 10.4. The molecule has 0 fully saturated rings. The van der Waals surface area contributed by atoms with E-state index in [1.165, 1.54) is 11.3 Å². The second-order valence-corrected chi connectivity index (χ2v) is 5.21. The fourth-order valence-electron chi connectivity index (χ4n) is 1.58. The molecular weight excluding hydrogens is 298 g/mol. The average molecular weight is 306 g/mol. The van der Waals surface area contributed by atoms with Gasteiger partial charge in [-0.2, -0.15) is 0 Å². The third-order valence-electron chi connectivity index (χ3n) is 2.50. The van der Waals surface area contributed by atoms with Crippen LogP contribution in [-0.4, -0.2) is 16.1 Å². The van der Waals surface area contributed by atoms with Crippen LogP contribution in [0.1, 0.15) is 10.4 Å². The van der Waals surface area contributed by atoms with Gasteiger partial charge in [-0.05, 0) is 24.3 Å². The van der Waals surface area contributed by atoms with Crippen LogP contribution in [0.3, 0.4) is 0 Å².